The predicted octanol–water partition coefficient (Wildman–Crippen LogP) is 5.43. The quantitative estimate of drug-likeness (QED) is 0.420. The highest BCUT2D eigenvalue weighted by Gasteiger charge is 2.30. The Kier molecular flexibility index (Phi) is 5.74. The van der Waals surface area contributed by atoms with E-state index in [-0.39, 0.29) is 15.6 Å². The Labute approximate surface area is 150 Å². The largest absolute Gasteiger partial charge is 0.416 e. The van der Waals surface area contributed by atoms with Crippen molar-refractivity contribution in [2.75, 3.05) is 0 Å². The van der Waals surface area contributed by atoms with E-state index in [1.54, 1.807) is 0 Å². The molecule has 0 aliphatic heterocycles. The van der Waals surface area contributed by atoms with Crippen molar-refractivity contribution in [3.63, 3.8) is 0 Å². The molecular weight excluding hydrogens is 388 g/mol. The van der Waals surface area contributed by atoms with Crippen molar-refractivity contribution >= 4 is 46.9 Å². The second-order valence-corrected chi connectivity index (χ2v) is 5.79. The minimum atomic E-state index is -4.46. The third kappa shape index (κ3) is 4.63. The SMILES string of the molecule is O=C(N/N=C/c1cc(Cl)cc(Cl)c1Cl)c1ccc(C(F)(F)F)cc1. The zero-order valence-electron chi connectivity index (χ0n) is 11.7. The Bertz CT molecular complexity index is 790. The summed E-state index contributed by atoms with van der Waals surface area (Å²) in [6.45, 7) is 0. The Hall–Kier alpha value is -1.76. The van der Waals surface area contributed by atoms with Crippen LogP contribution < -0.4 is 5.43 Å². The van der Waals surface area contributed by atoms with Gasteiger partial charge in [-0.05, 0) is 36.4 Å². The van der Waals surface area contributed by atoms with Crippen LogP contribution in [0.3, 0.4) is 0 Å². The summed E-state index contributed by atoms with van der Waals surface area (Å²) in [7, 11) is 0. The number of alkyl halides is 3. The van der Waals surface area contributed by atoms with Crippen LogP contribution in [0.4, 0.5) is 13.2 Å². The second kappa shape index (κ2) is 7.42. The second-order valence-electron chi connectivity index (χ2n) is 4.57. The summed E-state index contributed by atoms with van der Waals surface area (Å²) in [5, 5.41) is 4.44. The molecule has 1 N–H and O–H groups in total. The molecule has 0 radical (unpaired) electrons. The van der Waals surface area contributed by atoms with E-state index in [4.69, 9.17) is 34.8 Å². The summed E-state index contributed by atoms with van der Waals surface area (Å²) in [5.41, 5.74) is 1.73. The molecule has 9 heteroatoms. The first-order chi connectivity index (χ1) is 11.2. The van der Waals surface area contributed by atoms with Crippen molar-refractivity contribution in [1.82, 2.24) is 5.43 Å². The maximum atomic E-state index is 12.5. The normalized spacial score (nSPS) is 11.8. The van der Waals surface area contributed by atoms with Gasteiger partial charge in [0.1, 0.15) is 0 Å². The van der Waals surface area contributed by atoms with Crippen molar-refractivity contribution in [3.8, 4) is 0 Å². The number of carbonyl (C=O) groups excluding carboxylic acids is 1. The van der Waals surface area contributed by atoms with Crippen LogP contribution in [-0.4, -0.2) is 12.1 Å². The monoisotopic (exact) mass is 394 g/mol. The minimum absolute atomic E-state index is 0.0235. The number of carbonyl (C=O) groups is 1. The summed E-state index contributed by atoms with van der Waals surface area (Å²) in [4.78, 5) is 11.8. The van der Waals surface area contributed by atoms with E-state index in [1.165, 1.54) is 18.3 Å². The Balaban J connectivity index is 2.08. The molecule has 0 aromatic heterocycles. The maximum absolute atomic E-state index is 12.5. The first kappa shape index (κ1) is 18.6. The lowest BCUT2D eigenvalue weighted by Crippen LogP contribution is -2.18. The van der Waals surface area contributed by atoms with E-state index >= 15 is 0 Å². The Morgan fingerprint density at radius 3 is 2.29 bits per heavy atom. The molecule has 0 saturated heterocycles. The number of nitrogens with zero attached hydrogens (tertiary/aromatic N) is 1. The van der Waals surface area contributed by atoms with Gasteiger partial charge in [-0.25, -0.2) is 5.43 Å². The zero-order chi connectivity index (χ0) is 17.9. The smallest absolute Gasteiger partial charge is 0.267 e. The van der Waals surface area contributed by atoms with Gasteiger partial charge >= 0.3 is 6.18 Å². The maximum Gasteiger partial charge on any atom is 0.416 e. The number of amides is 1. The third-order valence-corrected chi connectivity index (χ3v) is 3.90. The molecule has 2 rings (SSSR count). The fourth-order valence-corrected chi connectivity index (χ4v) is 2.37. The fourth-order valence-electron chi connectivity index (χ4n) is 1.71. The van der Waals surface area contributed by atoms with Gasteiger partial charge < -0.3 is 0 Å². The van der Waals surface area contributed by atoms with E-state index in [0.717, 1.165) is 24.3 Å². The topological polar surface area (TPSA) is 41.5 Å². The molecule has 0 heterocycles. The summed E-state index contributed by atoms with van der Waals surface area (Å²) in [6.07, 6.45) is -3.24. The van der Waals surface area contributed by atoms with E-state index in [1.807, 2.05) is 0 Å². The molecule has 24 heavy (non-hydrogen) atoms. The fraction of sp³-hybridized carbons (Fsp3) is 0.0667. The molecular formula is C15H8Cl3F3N2O. The number of hydrazone groups is 1. The lowest BCUT2D eigenvalue weighted by molar-refractivity contribution is -0.137. The number of hydrogen-bond acceptors (Lipinski definition) is 2. The van der Waals surface area contributed by atoms with Crippen LogP contribution in [0.2, 0.25) is 15.1 Å². The van der Waals surface area contributed by atoms with E-state index < -0.39 is 17.6 Å². The van der Waals surface area contributed by atoms with Crippen LogP contribution in [-0.2, 0) is 6.18 Å². The molecule has 3 nitrogen and oxygen atoms in total. The van der Waals surface area contributed by atoms with Gasteiger partial charge in [0, 0.05) is 16.1 Å². The lowest BCUT2D eigenvalue weighted by atomic mass is 10.1. The van der Waals surface area contributed by atoms with Crippen LogP contribution in [0.15, 0.2) is 41.5 Å². The van der Waals surface area contributed by atoms with Crippen LogP contribution in [0, 0.1) is 0 Å². The van der Waals surface area contributed by atoms with Crippen LogP contribution in [0.5, 0.6) is 0 Å². The number of hydrogen-bond donors (Lipinski definition) is 1. The highest BCUT2D eigenvalue weighted by Crippen LogP contribution is 2.29. The van der Waals surface area contributed by atoms with Gasteiger partial charge in [0.05, 0.1) is 21.8 Å². The molecule has 0 aliphatic rings. The molecule has 2 aromatic rings. The number of rotatable bonds is 3. The van der Waals surface area contributed by atoms with E-state index in [0.29, 0.717) is 10.6 Å². The molecule has 0 saturated carbocycles. The minimum Gasteiger partial charge on any atom is -0.267 e. The Morgan fingerprint density at radius 2 is 1.71 bits per heavy atom. The molecule has 0 atom stereocenters. The molecule has 0 unspecified atom stereocenters. The summed E-state index contributed by atoms with van der Waals surface area (Å²) in [6, 6.07) is 6.67. The highest BCUT2D eigenvalue weighted by molar-refractivity contribution is 6.44. The van der Waals surface area contributed by atoms with Crippen molar-refractivity contribution in [2.45, 2.75) is 6.18 Å². The van der Waals surface area contributed by atoms with Crippen molar-refractivity contribution in [3.05, 3.63) is 68.2 Å². The van der Waals surface area contributed by atoms with Crippen molar-refractivity contribution in [2.24, 2.45) is 5.10 Å². The van der Waals surface area contributed by atoms with Crippen molar-refractivity contribution in [1.29, 1.82) is 0 Å². The van der Waals surface area contributed by atoms with Crippen LogP contribution >= 0.6 is 34.8 Å². The number of nitrogens with one attached hydrogen (secondary N) is 1. The van der Waals surface area contributed by atoms with Gasteiger partial charge in [-0.15, -0.1) is 0 Å². The Morgan fingerprint density at radius 1 is 1.08 bits per heavy atom. The molecule has 0 fully saturated rings. The zero-order valence-corrected chi connectivity index (χ0v) is 13.9. The lowest BCUT2D eigenvalue weighted by Gasteiger charge is -2.07. The first-order valence-electron chi connectivity index (χ1n) is 6.33. The predicted molar refractivity (Wildman–Crippen MR) is 88.0 cm³/mol. The average Bonchev–Trinajstić information content (AvgIpc) is 2.51. The molecule has 0 aliphatic carbocycles. The van der Waals surface area contributed by atoms with Crippen molar-refractivity contribution < 1.29 is 18.0 Å². The third-order valence-electron chi connectivity index (χ3n) is 2.87. The van der Waals surface area contributed by atoms with Gasteiger partial charge in [0.15, 0.2) is 0 Å². The first-order valence-corrected chi connectivity index (χ1v) is 7.47. The van der Waals surface area contributed by atoms with Gasteiger partial charge in [-0.3, -0.25) is 4.79 Å². The average molecular weight is 396 g/mol. The molecule has 126 valence electrons. The summed E-state index contributed by atoms with van der Waals surface area (Å²) < 4.78 is 37.4. The van der Waals surface area contributed by atoms with Crippen LogP contribution in [0.1, 0.15) is 21.5 Å². The van der Waals surface area contributed by atoms with Gasteiger partial charge in [0.25, 0.3) is 5.91 Å². The van der Waals surface area contributed by atoms with Gasteiger partial charge in [0.2, 0.25) is 0 Å². The number of halogens is 6. The van der Waals surface area contributed by atoms with E-state index in [9.17, 15) is 18.0 Å². The standard InChI is InChI=1S/C15H8Cl3F3N2O/c16-11-5-9(13(18)12(17)6-11)7-22-23-14(24)8-1-3-10(4-2-8)15(19,20)21/h1-7H,(H,23,24)/b22-7+. The molecule has 1 amide bonds. The highest BCUT2D eigenvalue weighted by atomic mass is 35.5. The van der Waals surface area contributed by atoms with Gasteiger partial charge in [-0.1, -0.05) is 34.8 Å². The van der Waals surface area contributed by atoms with Crippen LogP contribution in [0.25, 0.3) is 0 Å². The number of benzene rings is 2. The van der Waals surface area contributed by atoms with E-state index in [2.05, 4.69) is 10.5 Å². The molecule has 0 bridgehead atoms. The van der Waals surface area contributed by atoms with Gasteiger partial charge in [-0.2, -0.15) is 18.3 Å². The summed E-state index contributed by atoms with van der Waals surface area (Å²) in [5.74, 6) is -0.677. The molecule has 0 spiro atoms. The molecule has 2 aromatic carbocycles. The summed E-state index contributed by atoms with van der Waals surface area (Å²) >= 11 is 17.6.